The molecular formula is C17H18ClN3O5S3. The van der Waals surface area contributed by atoms with Crippen molar-refractivity contribution in [3.05, 3.63) is 55.7 Å². The first-order valence-electron chi connectivity index (χ1n) is 8.62. The first-order chi connectivity index (χ1) is 13.8. The van der Waals surface area contributed by atoms with E-state index in [1.165, 1.54) is 45.6 Å². The van der Waals surface area contributed by atoms with Crippen LogP contribution in [0, 0.1) is 10.1 Å². The van der Waals surface area contributed by atoms with Crippen molar-refractivity contribution in [2.24, 2.45) is 0 Å². The first-order valence-corrected chi connectivity index (χ1v) is 12.4. The summed E-state index contributed by atoms with van der Waals surface area (Å²) in [5.74, 6) is 0.974. The summed E-state index contributed by atoms with van der Waals surface area (Å²) in [6.45, 7) is 0.890. The molecule has 1 amide bonds. The average Bonchev–Trinajstić information content (AvgIpc) is 3.13. The summed E-state index contributed by atoms with van der Waals surface area (Å²) in [7, 11) is -3.84. The van der Waals surface area contributed by atoms with Gasteiger partial charge in [0, 0.05) is 48.9 Å². The normalized spacial score (nSPS) is 15.4. The Balaban J connectivity index is 1.53. The van der Waals surface area contributed by atoms with Crippen LogP contribution >= 0.6 is 34.7 Å². The Hall–Kier alpha value is -1.66. The van der Waals surface area contributed by atoms with Gasteiger partial charge in [-0.2, -0.15) is 4.31 Å². The van der Waals surface area contributed by atoms with E-state index in [0.29, 0.717) is 28.9 Å². The van der Waals surface area contributed by atoms with Crippen molar-refractivity contribution in [3.63, 3.8) is 0 Å². The number of non-ortho nitro benzene ring substituents is 1. The highest BCUT2D eigenvalue weighted by molar-refractivity contribution is 7.99. The number of hydrogen-bond donors (Lipinski definition) is 0. The largest absolute Gasteiger partial charge is 0.339 e. The molecule has 1 fully saturated rings. The fraction of sp³-hybridized carbons (Fsp3) is 0.353. The lowest BCUT2D eigenvalue weighted by Gasteiger charge is -2.34. The van der Waals surface area contributed by atoms with Crippen LogP contribution in [0.5, 0.6) is 0 Å². The van der Waals surface area contributed by atoms with Crippen molar-refractivity contribution in [3.8, 4) is 0 Å². The summed E-state index contributed by atoms with van der Waals surface area (Å²) in [5.41, 5.74) is -0.274. The Morgan fingerprint density at radius 1 is 1.21 bits per heavy atom. The average molecular weight is 476 g/mol. The Morgan fingerprint density at radius 2 is 1.93 bits per heavy atom. The molecule has 1 aromatic carbocycles. The van der Waals surface area contributed by atoms with E-state index in [9.17, 15) is 23.3 Å². The maximum atomic E-state index is 12.8. The number of halogens is 1. The van der Waals surface area contributed by atoms with Crippen LogP contribution in [-0.4, -0.2) is 60.4 Å². The van der Waals surface area contributed by atoms with Gasteiger partial charge in [-0.15, -0.1) is 23.1 Å². The van der Waals surface area contributed by atoms with Crippen molar-refractivity contribution < 1.29 is 18.1 Å². The number of amides is 1. The van der Waals surface area contributed by atoms with Gasteiger partial charge in [-0.25, -0.2) is 8.42 Å². The minimum atomic E-state index is -3.84. The number of rotatable bonds is 7. The van der Waals surface area contributed by atoms with Crippen LogP contribution in [0.15, 0.2) is 41.3 Å². The lowest BCUT2D eigenvalue weighted by molar-refractivity contribution is -0.385. The SMILES string of the molecule is O=C(CSCc1ccc(Cl)s1)N1CCN(S(=O)(=O)c2cccc([N+](=O)[O-])c2)CC1. The molecule has 1 aliphatic heterocycles. The molecule has 3 rings (SSSR count). The number of carbonyl (C=O) groups is 1. The molecule has 1 aromatic heterocycles. The van der Waals surface area contributed by atoms with Crippen LogP contribution in [0.3, 0.4) is 0 Å². The van der Waals surface area contributed by atoms with Gasteiger partial charge in [0.25, 0.3) is 5.69 Å². The fourth-order valence-electron chi connectivity index (χ4n) is 2.84. The third-order valence-corrected chi connectivity index (χ3v) is 8.63. The van der Waals surface area contributed by atoms with E-state index in [1.807, 2.05) is 12.1 Å². The van der Waals surface area contributed by atoms with Gasteiger partial charge in [-0.1, -0.05) is 17.7 Å². The molecule has 0 saturated carbocycles. The van der Waals surface area contributed by atoms with Crippen LogP contribution < -0.4 is 0 Å². The highest BCUT2D eigenvalue weighted by atomic mass is 35.5. The second-order valence-corrected chi connectivity index (χ2v) is 11.0. The Kier molecular flexibility index (Phi) is 7.17. The van der Waals surface area contributed by atoms with Crippen molar-refractivity contribution in [1.29, 1.82) is 0 Å². The highest BCUT2D eigenvalue weighted by Gasteiger charge is 2.30. The van der Waals surface area contributed by atoms with Crippen LogP contribution in [0.1, 0.15) is 4.88 Å². The molecule has 156 valence electrons. The Morgan fingerprint density at radius 3 is 2.55 bits per heavy atom. The third kappa shape index (κ3) is 5.48. The Labute approximate surface area is 181 Å². The summed E-state index contributed by atoms with van der Waals surface area (Å²) < 4.78 is 27.5. The van der Waals surface area contributed by atoms with E-state index in [4.69, 9.17) is 11.6 Å². The van der Waals surface area contributed by atoms with Crippen molar-refractivity contribution in [2.45, 2.75) is 10.6 Å². The van der Waals surface area contributed by atoms with Gasteiger partial charge in [0.2, 0.25) is 15.9 Å². The summed E-state index contributed by atoms with van der Waals surface area (Å²) in [6.07, 6.45) is 0. The molecule has 12 heteroatoms. The van der Waals surface area contributed by atoms with Gasteiger partial charge in [-0.3, -0.25) is 14.9 Å². The molecule has 0 aliphatic carbocycles. The number of sulfonamides is 1. The Bertz CT molecular complexity index is 1000. The van der Waals surface area contributed by atoms with Gasteiger partial charge in [0.15, 0.2) is 0 Å². The summed E-state index contributed by atoms with van der Waals surface area (Å²) in [5, 5.41) is 10.9. The van der Waals surface area contributed by atoms with Gasteiger partial charge in [0.1, 0.15) is 0 Å². The quantitative estimate of drug-likeness (QED) is 0.450. The van der Waals surface area contributed by atoms with Crippen LogP contribution in [0.4, 0.5) is 5.69 Å². The molecule has 0 unspecified atom stereocenters. The van der Waals surface area contributed by atoms with Crippen molar-refractivity contribution in [1.82, 2.24) is 9.21 Å². The second kappa shape index (κ2) is 9.43. The van der Waals surface area contributed by atoms with E-state index in [-0.39, 0.29) is 29.6 Å². The number of hydrogen-bond acceptors (Lipinski definition) is 7. The van der Waals surface area contributed by atoms with E-state index in [2.05, 4.69) is 0 Å². The number of piperazine rings is 1. The number of thioether (sulfide) groups is 1. The predicted molar refractivity (Wildman–Crippen MR) is 114 cm³/mol. The number of carbonyl (C=O) groups excluding carboxylic acids is 1. The van der Waals surface area contributed by atoms with Gasteiger partial charge in [-0.05, 0) is 18.2 Å². The molecular weight excluding hydrogens is 458 g/mol. The van der Waals surface area contributed by atoms with E-state index in [1.54, 1.807) is 4.90 Å². The van der Waals surface area contributed by atoms with E-state index in [0.717, 1.165) is 10.9 Å². The maximum absolute atomic E-state index is 12.8. The van der Waals surface area contributed by atoms with Crippen LogP contribution in [-0.2, 0) is 20.6 Å². The van der Waals surface area contributed by atoms with E-state index < -0.39 is 14.9 Å². The van der Waals surface area contributed by atoms with Gasteiger partial charge in [0.05, 0.1) is 19.9 Å². The number of nitro groups is 1. The first kappa shape index (κ1) is 22.0. The van der Waals surface area contributed by atoms with Gasteiger partial charge >= 0.3 is 0 Å². The van der Waals surface area contributed by atoms with Crippen molar-refractivity contribution >= 4 is 56.3 Å². The highest BCUT2D eigenvalue weighted by Crippen LogP contribution is 2.26. The van der Waals surface area contributed by atoms with E-state index >= 15 is 0 Å². The summed E-state index contributed by atoms with van der Waals surface area (Å²) in [6, 6.07) is 8.75. The molecule has 1 saturated heterocycles. The summed E-state index contributed by atoms with van der Waals surface area (Å²) in [4.78, 5) is 25.3. The topological polar surface area (TPSA) is 101 Å². The molecule has 0 N–H and O–H groups in total. The minimum Gasteiger partial charge on any atom is -0.339 e. The monoisotopic (exact) mass is 475 g/mol. The molecule has 8 nitrogen and oxygen atoms in total. The third-order valence-electron chi connectivity index (χ3n) is 4.36. The molecule has 29 heavy (non-hydrogen) atoms. The second-order valence-electron chi connectivity index (χ2n) is 6.24. The van der Waals surface area contributed by atoms with Crippen LogP contribution in [0.25, 0.3) is 0 Å². The standard InChI is InChI=1S/C17H18ClN3O5S3/c18-16-5-4-14(28-16)11-27-12-17(22)19-6-8-20(9-7-19)29(25,26)15-3-1-2-13(10-15)21(23)24/h1-5,10H,6-9,11-12H2. The predicted octanol–water partition coefficient (Wildman–Crippen LogP) is 3.08. The lowest BCUT2D eigenvalue weighted by Crippen LogP contribution is -2.50. The molecule has 2 aromatic rings. The molecule has 0 spiro atoms. The molecule has 2 heterocycles. The number of benzene rings is 1. The number of nitro benzene ring substituents is 1. The molecule has 0 bridgehead atoms. The zero-order chi connectivity index (χ0) is 21.0. The number of nitrogens with zero attached hydrogens (tertiary/aromatic N) is 3. The minimum absolute atomic E-state index is 0.0370. The van der Waals surface area contributed by atoms with Crippen molar-refractivity contribution in [2.75, 3.05) is 31.9 Å². The zero-order valence-corrected chi connectivity index (χ0v) is 18.4. The molecule has 0 atom stereocenters. The zero-order valence-electron chi connectivity index (χ0n) is 15.2. The maximum Gasteiger partial charge on any atom is 0.270 e. The number of thiophene rings is 1. The molecule has 0 radical (unpaired) electrons. The smallest absolute Gasteiger partial charge is 0.270 e. The van der Waals surface area contributed by atoms with Gasteiger partial charge < -0.3 is 4.90 Å². The summed E-state index contributed by atoms with van der Waals surface area (Å²) >= 11 is 8.87. The lowest BCUT2D eigenvalue weighted by atomic mass is 10.3. The van der Waals surface area contributed by atoms with Crippen LogP contribution in [0.2, 0.25) is 4.34 Å². The molecule has 1 aliphatic rings. The fourth-order valence-corrected chi connectivity index (χ4v) is 6.43.